The molecule has 0 aromatic heterocycles. The summed E-state index contributed by atoms with van der Waals surface area (Å²) in [7, 11) is 1.55. The zero-order chi connectivity index (χ0) is 32.7. The average Bonchev–Trinajstić information content (AvgIpc) is 2.97. The van der Waals surface area contributed by atoms with Gasteiger partial charge in [-0.15, -0.1) is 18.3 Å². The van der Waals surface area contributed by atoms with Crippen LogP contribution < -0.4 is 32.1 Å². The maximum Gasteiger partial charge on any atom is 0.573 e. The molecule has 240 valence electrons. The summed E-state index contributed by atoms with van der Waals surface area (Å²) in [4.78, 5) is 41.7. The lowest BCUT2D eigenvalue weighted by Gasteiger charge is -2.49. The van der Waals surface area contributed by atoms with Crippen molar-refractivity contribution in [3.05, 3.63) is 59.7 Å². The molecule has 44 heavy (non-hydrogen) atoms. The SMILES string of the molecule is CN(C(=O)CC1(N(C=O)Cc2ccc(C(=O)N/C(=N/N)NN)cc2)CCC(C(C)(C)C)CC1)c1ccc(OC(F)(F)F)cc1. The molecule has 0 bridgehead atoms. The van der Waals surface area contributed by atoms with Gasteiger partial charge in [0.2, 0.25) is 18.3 Å². The van der Waals surface area contributed by atoms with Gasteiger partial charge in [-0.05, 0) is 79.0 Å². The standard InChI is InChI=1S/C30H40F3N7O4/c1-28(2,3)22-13-15-29(16-14-22,17-25(42)39(4)23-9-11-24(12-10-23)44-30(31,32)33)40(19-41)18-20-5-7-21(8-6-20)26(43)36-27(37-34)38-35/h5-12,19,22H,13-18,34-35H2,1-4H3,(H2,36,37,38,43). The number of amides is 3. The Morgan fingerprint density at radius 1 is 1.07 bits per heavy atom. The third kappa shape index (κ3) is 8.85. The molecule has 0 heterocycles. The number of halogens is 3. The number of guanidine groups is 1. The normalized spacial score (nSPS) is 19.1. The number of nitrogens with zero attached hydrogens (tertiary/aromatic N) is 3. The summed E-state index contributed by atoms with van der Waals surface area (Å²) < 4.78 is 41.7. The molecule has 14 heteroatoms. The van der Waals surface area contributed by atoms with E-state index < -0.39 is 23.6 Å². The Hall–Kier alpha value is -4.33. The van der Waals surface area contributed by atoms with Crippen molar-refractivity contribution < 1.29 is 32.3 Å². The smallest absolute Gasteiger partial charge is 0.406 e. The van der Waals surface area contributed by atoms with E-state index in [-0.39, 0.29) is 30.2 Å². The maximum atomic E-state index is 13.6. The van der Waals surface area contributed by atoms with Crippen molar-refractivity contribution in [3.63, 3.8) is 0 Å². The number of rotatable bonds is 9. The van der Waals surface area contributed by atoms with Gasteiger partial charge in [-0.1, -0.05) is 32.9 Å². The minimum atomic E-state index is -4.82. The first kappa shape index (κ1) is 34.2. The van der Waals surface area contributed by atoms with Gasteiger partial charge in [0.15, 0.2) is 0 Å². The number of ether oxygens (including phenoxy) is 1. The van der Waals surface area contributed by atoms with Gasteiger partial charge in [0.25, 0.3) is 5.91 Å². The van der Waals surface area contributed by atoms with Gasteiger partial charge in [-0.3, -0.25) is 25.1 Å². The highest BCUT2D eigenvalue weighted by Crippen LogP contribution is 2.45. The molecule has 2 aromatic carbocycles. The predicted octanol–water partition coefficient (Wildman–Crippen LogP) is 3.99. The van der Waals surface area contributed by atoms with Crippen molar-refractivity contribution in [2.75, 3.05) is 11.9 Å². The minimum absolute atomic E-state index is 0.0215. The Morgan fingerprint density at radius 2 is 1.66 bits per heavy atom. The summed E-state index contributed by atoms with van der Waals surface area (Å²) in [5.41, 5.74) is 2.89. The monoisotopic (exact) mass is 619 g/mol. The van der Waals surface area contributed by atoms with Crippen LogP contribution in [0.5, 0.6) is 5.75 Å². The van der Waals surface area contributed by atoms with E-state index in [1.54, 1.807) is 36.2 Å². The molecule has 1 fully saturated rings. The highest BCUT2D eigenvalue weighted by molar-refractivity contribution is 6.05. The topological polar surface area (TPSA) is 155 Å². The lowest BCUT2D eigenvalue weighted by molar-refractivity contribution is -0.274. The number of nitrogens with one attached hydrogen (secondary N) is 2. The Labute approximate surface area is 254 Å². The zero-order valence-electron chi connectivity index (χ0n) is 25.3. The van der Waals surface area contributed by atoms with Crippen LogP contribution in [0.2, 0.25) is 0 Å². The van der Waals surface area contributed by atoms with E-state index in [9.17, 15) is 27.6 Å². The van der Waals surface area contributed by atoms with E-state index in [0.29, 0.717) is 30.0 Å². The van der Waals surface area contributed by atoms with Gasteiger partial charge >= 0.3 is 6.36 Å². The molecule has 11 nitrogen and oxygen atoms in total. The third-order valence-electron chi connectivity index (χ3n) is 8.26. The Bertz CT molecular complexity index is 1320. The molecule has 2 aromatic rings. The highest BCUT2D eigenvalue weighted by Gasteiger charge is 2.44. The van der Waals surface area contributed by atoms with Gasteiger partial charge in [0, 0.05) is 24.8 Å². The lowest BCUT2D eigenvalue weighted by Crippen LogP contribution is -2.53. The summed E-state index contributed by atoms with van der Waals surface area (Å²) in [5.74, 6) is 9.53. The first-order chi connectivity index (χ1) is 20.6. The molecule has 0 radical (unpaired) electrons. The van der Waals surface area contributed by atoms with E-state index in [1.165, 1.54) is 17.0 Å². The average molecular weight is 620 g/mol. The van der Waals surface area contributed by atoms with Crippen molar-refractivity contribution in [2.45, 2.75) is 71.3 Å². The molecule has 0 aliphatic heterocycles. The number of anilines is 1. The second kappa shape index (κ2) is 14.0. The minimum Gasteiger partial charge on any atom is -0.406 e. The van der Waals surface area contributed by atoms with Gasteiger partial charge in [-0.2, -0.15) is 0 Å². The molecule has 3 rings (SSSR count). The molecular formula is C30H40F3N7O4. The van der Waals surface area contributed by atoms with Crippen molar-refractivity contribution in [2.24, 2.45) is 28.1 Å². The molecular weight excluding hydrogens is 579 g/mol. The number of hydrazone groups is 1. The number of carbonyl (C=O) groups excluding carboxylic acids is 3. The first-order valence-electron chi connectivity index (χ1n) is 14.1. The fourth-order valence-corrected chi connectivity index (χ4v) is 5.56. The third-order valence-corrected chi connectivity index (χ3v) is 8.26. The zero-order valence-corrected chi connectivity index (χ0v) is 25.3. The van der Waals surface area contributed by atoms with E-state index in [1.807, 2.05) is 0 Å². The Morgan fingerprint density at radius 3 is 2.14 bits per heavy atom. The summed E-state index contributed by atoms with van der Waals surface area (Å²) in [6.07, 6.45) is -1.23. The van der Waals surface area contributed by atoms with E-state index >= 15 is 0 Å². The van der Waals surface area contributed by atoms with Gasteiger partial charge in [0.05, 0.1) is 12.0 Å². The highest BCUT2D eigenvalue weighted by atomic mass is 19.4. The van der Waals surface area contributed by atoms with Crippen LogP contribution in [0, 0.1) is 11.3 Å². The number of hydrazine groups is 1. The lowest BCUT2D eigenvalue weighted by atomic mass is 9.66. The number of alkyl halides is 3. The van der Waals surface area contributed by atoms with Crippen LogP contribution in [0.1, 0.15) is 68.8 Å². The molecule has 1 aliphatic rings. The van der Waals surface area contributed by atoms with E-state index in [4.69, 9.17) is 11.7 Å². The van der Waals surface area contributed by atoms with E-state index in [2.05, 4.69) is 41.4 Å². The van der Waals surface area contributed by atoms with Crippen LogP contribution in [0.3, 0.4) is 0 Å². The number of benzene rings is 2. The van der Waals surface area contributed by atoms with Crippen molar-refractivity contribution in [1.82, 2.24) is 15.6 Å². The van der Waals surface area contributed by atoms with Crippen LogP contribution in [-0.2, 0) is 16.1 Å². The summed E-state index contributed by atoms with van der Waals surface area (Å²) in [6, 6.07) is 11.7. The first-order valence-corrected chi connectivity index (χ1v) is 14.1. The summed E-state index contributed by atoms with van der Waals surface area (Å²) in [5, 5.41) is 5.74. The summed E-state index contributed by atoms with van der Waals surface area (Å²) in [6.45, 7) is 6.73. The van der Waals surface area contributed by atoms with Crippen molar-refractivity contribution in [1.29, 1.82) is 0 Å². The fraction of sp³-hybridized carbons (Fsp3) is 0.467. The fourth-order valence-electron chi connectivity index (χ4n) is 5.56. The summed E-state index contributed by atoms with van der Waals surface area (Å²) >= 11 is 0. The van der Waals surface area contributed by atoms with E-state index in [0.717, 1.165) is 36.9 Å². The Balaban J connectivity index is 1.82. The molecule has 6 N–H and O–H groups in total. The molecule has 1 aliphatic carbocycles. The molecule has 1 saturated carbocycles. The van der Waals surface area contributed by atoms with Gasteiger partial charge in [-0.25, -0.2) is 5.84 Å². The molecule has 0 unspecified atom stereocenters. The van der Waals surface area contributed by atoms with Crippen LogP contribution in [0.15, 0.2) is 53.6 Å². The second-order valence-corrected chi connectivity index (χ2v) is 12.0. The van der Waals surface area contributed by atoms with Gasteiger partial charge in [0.1, 0.15) is 5.75 Å². The maximum absolute atomic E-state index is 13.6. The molecule has 3 amide bonds. The number of hydrogen-bond acceptors (Lipinski definition) is 7. The molecule has 0 saturated heterocycles. The molecule has 0 atom stereocenters. The van der Waals surface area contributed by atoms with Crippen molar-refractivity contribution in [3.8, 4) is 5.75 Å². The quantitative estimate of drug-likeness (QED) is 0.109. The number of nitrogens with two attached hydrogens (primary N) is 2. The van der Waals surface area contributed by atoms with Crippen LogP contribution in [-0.4, -0.2) is 48.0 Å². The largest absolute Gasteiger partial charge is 0.573 e. The van der Waals surface area contributed by atoms with Gasteiger partial charge < -0.3 is 20.4 Å². The van der Waals surface area contributed by atoms with Crippen LogP contribution in [0.4, 0.5) is 18.9 Å². The Kier molecular flexibility index (Phi) is 10.8. The number of hydrogen-bond donors (Lipinski definition) is 4. The molecule has 0 spiro atoms. The predicted molar refractivity (Wildman–Crippen MR) is 160 cm³/mol. The van der Waals surface area contributed by atoms with Crippen LogP contribution in [0.25, 0.3) is 0 Å². The van der Waals surface area contributed by atoms with Crippen LogP contribution >= 0.6 is 0 Å². The second-order valence-electron chi connectivity index (χ2n) is 12.0. The van der Waals surface area contributed by atoms with Crippen molar-refractivity contribution >= 4 is 29.9 Å². The number of carbonyl (C=O) groups is 3.